The van der Waals surface area contributed by atoms with Gasteiger partial charge in [-0.05, 0) is 35.9 Å². The highest BCUT2D eigenvalue weighted by Gasteiger charge is 2.14. The van der Waals surface area contributed by atoms with E-state index in [1.807, 2.05) is 12.1 Å². The molecule has 1 N–H and O–H groups in total. The van der Waals surface area contributed by atoms with E-state index in [-0.39, 0.29) is 22.6 Å². The zero-order chi connectivity index (χ0) is 22.2. The van der Waals surface area contributed by atoms with Gasteiger partial charge in [-0.15, -0.1) is 0 Å². The van der Waals surface area contributed by atoms with Gasteiger partial charge in [0, 0.05) is 23.5 Å². The minimum absolute atomic E-state index is 0.188. The smallest absolute Gasteiger partial charge is 0.258 e. The summed E-state index contributed by atoms with van der Waals surface area (Å²) in [7, 11) is -3.34. The van der Waals surface area contributed by atoms with Crippen molar-refractivity contribution in [1.82, 2.24) is 9.55 Å². The van der Waals surface area contributed by atoms with Crippen molar-refractivity contribution in [2.24, 2.45) is 0 Å². The Morgan fingerprint density at radius 3 is 2.68 bits per heavy atom. The summed E-state index contributed by atoms with van der Waals surface area (Å²) >= 11 is 7.34. The van der Waals surface area contributed by atoms with E-state index in [0.717, 1.165) is 11.8 Å². The molecule has 0 radical (unpaired) electrons. The van der Waals surface area contributed by atoms with Crippen LogP contribution in [0.1, 0.15) is 15.9 Å². The van der Waals surface area contributed by atoms with Crippen molar-refractivity contribution in [1.29, 1.82) is 0 Å². The molecule has 0 fully saturated rings. The lowest BCUT2D eigenvalue weighted by molar-refractivity contribution is 0.102. The number of fused-ring (bicyclic) bond motifs is 1. The summed E-state index contributed by atoms with van der Waals surface area (Å²) in [6, 6.07) is 14.5. The van der Waals surface area contributed by atoms with Crippen molar-refractivity contribution in [3.05, 3.63) is 87.3 Å². The van der Waals surface area contributed by atoms with Crippen molar-refractivity contribution in [3.8, 4) is 0 Å². The Kier molecular flexibility index (Phi) is 5.65. The molecule has 0 unspecified atom stereocenters. The second-order valence-electron chi connectivity index (χ2n) is 6.85. The molecule has 0 saturated heterocycles. The highest BCUT2D eigenvalue weighted by molar-refractivity contribution is 7.90. The van der Waals surface area contributed by atoms with Gasteiger partial charge < -0.3 is 4.57 Å². The van der Waals surface area contributed by atoms with Crippen molar-refractivity contribution in [2.75, 3.05) is 11.6 Å². The van der Waals surface area contributed by atoms with Gasteiger partial charge in [0.15, 0.2) is 15.0 Å². The number of pyridine rings is 1. The molecule has 0 spiro atoms. The van der Waals surface area contributed by atoms with Crippen LogP contribution in [-0.2, 0) is 16.4 Å². The summed E-state index contributed by atoms with van der Waals surface area (Å²) < 4.78 is 25.5. The zero-order valence-corrected chi connectivity index (χ0v) is 18.6. The topological polar surface area (TPSA) is 98.1 Å². The Labute approximate surface area is 186 Å². The maximum absolute atomic E-state index is 12.7. The van der Waals surface area contributed by atoms with E-state index >= 15 is 0 Å². The monoisotopic (exact) mass is 473 g/mol. The van der Waals surface area contributed by atoms with Gasteiger partial charge in [0.25, 0.3) is 11.5 Å². The maximum atomic E-state index is 12.7. The van der Waals surface area contributed by atoms with E-state index in [9.17, 15) is 18.0 Å². The molecule has 0 aliphatic carbocycles. The van der Waals surface area contributed by atoms with Crippen LogP contribution >= 0.6 is 22.9 Å². The third-order valence-corrected chi connectivity index (χ3v) is 6.97. The maximum Gasteiger partial charge on any atom is 0.258 e. The lowest BCUT2D eigenvalue weighted by Crippen LogP contribution is -2.22. The number of carbonyl (C=O) groups is 1. The third-order valence-electron chi connectivity index (χ3n) is 4.55. The van der Waals surface area contributed by atoms with Crippen molar-refractivity contribution < 1.29 is 13.2 Å². The Morgan fingerprint density at radius 2 is 1.94 bits per heavy atom. The van der Waals surface area contributed by atoms with Crippen molar-refractivity contribution in [3.63, 3.8) is 0 Å². The average molecular weight is 474 g/mol. The average Bonchev–Trinajstić information content (AvgIpc) is 3.12. The number of rotatable bonds is 5. The minimum atomic E-state index is -3.34. The van der Waals surface area contributed by atoms with Gasteiger partial charge >= 0.3 is 0 Å². The number of carbonyl (C=O) groups excluding carboxylic acids is 1. The van der Waals surface area contributed by atoms with Gasteiger partial charge in [-0.3, -0.25) is 14.9 Å². The summed E-state index contributed by atoms with van der Waals surface area (Å²) in [6.07, 6.45) is 2.60. The standard InChI is InChI=1S/C21H16ClN3O4S2/c1-31(28,29)15-7-8-17-18(10-15)30-21(23-17)24-20(27)14-6-9-19(26)25(12-14)11-13-4-2-3-5-16(13)22/h2-10,12H,11H2,1H3,(H,23,24,27). The van der Waals surface area contributed by atoms with Crippen LogP contribution in [-0.4, -0.2) is 30.1 Å². The Morgan fingerprint density at radius 1 is 1.16 bits per heavy atom. The third kappa shape index (κ3) is 4.68. The highest BCUT2D eigenvalue weighted by atomic mass is 35.5. The fourth-order valence-electron chi connectivity index (χ4n) is 2.96. The number of amides is 1. The summed E-state index contributed by atoms with van der Waals surface area (Å²) in [4.78, 5) is 29.5. The fraction of sp³-hybridized carbons (Fsp3) is 0.0952. The number of sulfone groups is 1. The van der Waals surface area contributed by atoms with Gasteiger partial charge in [-0.2, -0.15) is 0 Å². The van der Waals surface area contributed by atoms with E-state index in [1.165, 1.54) is 46.4 Å². The second-order valence-corrected chi connectivity index (χ2v) is 10.3. The molecule has 0 aliphatic heterocycles. The summed E-state index contributed by atoms with van der Waals surface area (Å²) in [5.41, 5.74) is 1.36. The molecular weight excluding hydrogens is 458 g/mol. The Hall–Kier alpha value is -3.01. The zero-order valence-electron chi connectivity index (χ0n) is 16.2. The SMILES string of the molecule is CS(=O)(=O)c1ccc2nc(NC(=O)c3ccc(=O)n(Cc4ccccc4Cl)c3)sc2c1. The molecule has 7 nitrogen and oxygen atoms in total. The Balaban J connectivity index is 1.59. The first kappa shape index (κ1) is 21.2. The van der Waals surface area contributed by atoms with Crippen LogP contribution in [0.15, 0.2) is 70.5 Å². The molecule has 2 aromatic heterocycles. The summed E-state index contributed by atoms with van der Waals surface area (Å²) in [6.45, 7) is 0.231. The van der Waals surface area contributed by atoms with E-state index < -0.39 is 15.7 Å². The lowest BCUT2D eigenvalue weighted by atomic mass is 10.2. The first-order valence-corrected chi connectivity index (χ1v) is 12.2. The number of hydrogen-bond donors (Lipinski definition) is 1. The molecule has 0 saturated carbocycles. The quantitative estimate of drug-likeness (QED) is 0.475. The lowest BCUT2D eigenvalue weighted by Gasteiger charge is -2.09. The van der Waals surface area contributed by atoms with E-state index in [0.29, 0.717) is 20.4 Å². The number of anilines is 1. The molecule has 1 amide bonds. The molecule has 31 heavy (non-hydrogen) atoms. The molecule has 10 heteroatoms. The van der Waals surface area contributed by atoms with Crippen LogP contribution in [0.5, 0.6) is 0 Å². The van der Waals surface area contributed by atoms with Gasteiger partial charge in [0.1, 0.15) is 0 Å². The largest absolute Gasteiger partial charge is 0.310 e. The first-order chi connectivity index (χ1) is 14.7. The van der Waals surface area contributed by atoms with Crippen LogP contribution in [0.3, 0.4) is 0 Å². The number of thiazole rings is 1. The molecule has 4 rings (SSSR count). The number of hydrogen-bond acceptors (Lipinski definition) is 6. The first-order valence-electron chi connectivity index (χ1n) is 9.06. The van der Waals surface area contributed by atoms with Gasteiger partial charge in [0.2, 0.25) is 0 Å². The van der Waals surface area contributed by atoms with Gasteiger partial charge in [0.05, 0.1) is 27.2 Å². The number of halogens is 1. The molecule has 4 aromatic rings. The highest BCUT2D eigenvalue weighted by Crippen LogP contribution is 2.28. The molecule has 158 valence electrons. The molecule has 0 aliphatic rings. The predicted octanol–water partition coefficient (Wildman–Crippen LogP) is 3.82. The fourth-order valence-corrected chi connectivity index (χ4v) is 4.78. The van der Waals surface area contributed by atoms with Crippen molar-refractivity contribution >= 4 is 54.0 Å². The number of nitrogens with one attached hydrogen (secondary N) is 1. The second kappa shape index (κ2) is 8.26. The van der Waals surface area contributed by atoms with Crippen LogP contribution in [0.2, 0.25) is 5.02 Å². The molecule has 2 heterocycles. The normalized spacial score (nSPS) is 11.5. The molecular formula is C21H16ClN3O4S2. The van der Waals surface area contributed by atoms with E-state index in [4.69, 9.17) is 11.6 Å². The number of benzene rings is 2. The Bertz CT molecular complexity index is 1480. The number of nitrogens with zero attached hydrogens (tertiary/aromatic N) is 2. The van der Waals surface area contributed by atoms with Crippen molar-refractivity contribution in [2.45, 2.75) is 11.4 Å². The van der Waals surface area contributed by atoms with Crippen LogP contribution in [0.25, 0.3) is 10.2 Å². The van der Waals surface area contributed by atoms with Crippen LogP contribution in [0.4, 0.5) is 5.13 Å². The number of aromatic nitrogens is 2. The summed E-state index contributed by atoms with van der Waals surface area (Å²) in [5.74, 6) is -0.435. The molecule has 0 atom stereocenters. The van der Waals surface area contributed by atoms with Gasteiger partial charge in [-0.25, -0.2) is 13.4 Å². The summed E-state index contributed by atoms with van der Waals surface area (Å²) in [5, 5.41) is 3.57. The van der Waals surface area contributed by atoms with Crippen LogP contribution in [0, 0.1) is 0 Å². The van der Waals surface area contributed by atoms with Crippen LogP contribution < -0.4 is 10.9 Å². The predicted molar refractivity (Wildman–Crippen MR) is 122 cm³/mol. The van der Waals surface area contributed by atoms with Gasteiger partial charge in [-0.1, -0.05) is 41.1 Å². The van der Waals surface area contributed by atoms with E-state index in [1.54, 1.807) is 18.2 Å². The van der Waals surface area contributed by atoms with E-state index in [2.05, 4.69) is 10.3 Å². The molecule has 0 bridgehead atoms. The minimum Gasteiger partial charge on any atom is -0.310 e. The molecule has 2 aromatic carbocycles.